The minimum Gasteiger partial charge on any atom is -0.478 e. The molecular weight excluding hydrogens is 514 g/mol. The number of hydrogen-bond donors (Lipinski definition) is 3. The van der Waals surface area contributed by atoms with Crippen LogP contribution in [0.1, 0.15) is 36.5 Å². The number of carboxylic acids is 2. The van der Waals surface area contributed by atoms with Crippen molar-refractivity contribution in [2.24, 2.45) is 11.7 Å². The number of primary amides is 1. The Morgan fingerprint density at radius 2 is 1.63 bits per heavy atom. The maximum Gasteiger partial charge on any atom is 0.328 e. The van der Waals surface area contributed by atoms with Crippen molar-refractivity contribution in [2.45, 2.75) is 31.1 Å². The summed E-state index contributed by atoms with van der Waals surface area (Å²) in [6.07, 6.45) is 3.10. The van der Waals surface area contributed by atoms with Gasteiger partial charge < -0.3 is 20.8 Å². The number of anilines is 1. The molecule has 0 saturated carbocycles. The Hall–Kier alpha value is -4.19. The Morgan fingerprint density at radius 3 is 2.18 bits per heavy atom. The highest BCUT2D eigenvalue weighted by atomic mass is 32.2. The quantitative estimate of drug-likeness (QED) is 0.442. The van der Waals surface area contributed by atoms with Gasteiger partial charge >= 0.3 is 11.9 Å². The van der Waals surface area contributed by atoms with Crippen LogP contribution in [0.3, 0.4) is 0 Å². The van der Waals surface area contributed by atoms with Gasteiger partial charge in [0.25, 0.3) is 15.9 Å². The van der Waals surface area contributed by atoms with Gasteiger partial charge in [-0.25, -0.2) is 22.3 Å². The molecule has 2 aromatic rings. The van der Waals surface area contributed by atoms with E-state index in [-0.39, 0.29) is 28.8 Å². The molecule has 1 fully saturated rings. The summed E-state index contributed by atoms with van der Waals surface area (Å²) >= 11 is 0. The molecule has 12 heteroatoms. The fraction of sp³-hybridized carbons (Fsp3) is 0.308. The largest absolute Gasteiger partial charge is 0.478 e. The van der Waals surface area contributed by atoms with Crippen LogP contribution in [-0.2, 0) is 24.4 Å². The third-order valence-corrected chi connectivity index (χ3v) is 8.07. The Bertz CT molecular complexity index is 1360. The lowest BCUT2D eigenvalue weighted by molar-refractivity contribution is -0.134. The van der Waals surface area contributed by atoms with Gasteiger partial charge in [-0.15, -0.1) is 0 Å². The number of carboxylic acid groups (broad SMARTS) is 2. The molecule has 0 spiro atoms. The maximum atomic E-state index is 13.0. The van der Waals surface area contributed by atoms with Crippen LogP contribution >= 0.6 is 0 Å². The monoisotopic (exact) mass is 543 g/mol. The molecule has 0 radical (unpaired) electrons. The molecule has 11 nitrogen and oxygen atoms in total. The topological polar surface area (TPSA) is 175 Å². The van der Waals surface area contributed by atoms with Crippen molar-refractivity contribution in [3.63, 3.8) is 0 Å². The second kappa shape index (κ2) is 11.9. The number of piperidine rings is 1. The molecule has 4 rings (SSSR count). The van der Waals surface area contributed by atoms with Crippen LogP contribution in [0.15, 0.2) is 59.5 Å². The van der Waals surface area contributed by atoms with E-state index in [1.54, 1.807) is 12.1 Å². The highest BCUT2D eigenvalue weighted by Gasteiger charge is 2.42. The van der Waals surface area contributed by atoms with E-state index >= 15 is 0 Å². The Balaban J connectivity index is 0.000000436. The van der Waals surface area contributed by atoms with Crippen LogP contribution in [0.2, 0.25) is 0 Å². The van der Waals surface area contributed by atoms with Crippen molar-refractivity contribution < 1.29 is 37.8 Å². The van der Waals surface area contributed by atoms with Crippen LogP contribution in [0.4, 0.5) is 5.69 Å². The fourth-order valence-electron chi connectivity index (χ4n) is 4.42. The SMILES string of the molecule is CCCN1C(=O)c2c(-c3cccc(N4CCC(C(N)=O)CC4)c3)cccc2S1(=O)=O.O=C(O)/C=C/C(=O)O. The molecule has 2 aliphatic heterocycles. The first kappa shape index (κ1) is 28.4. The number of fused-ring (bicyclic) bond motifs is 1. The normalized spacial score (nSPS) is 16.6. The van der Waals surface area contributed by atoms with Crippen molar-refractivity contribution >= 4 is 39.5 Å². The lowest BCUT2D eigenvalue weighted by Crippen LogP contribution is -2.38. The average molecular weight is 544 g/mol. The summed E-state index contributed by atoms with van der Waals surface area (Å²) in [5, 5.41) is 15.6. The van der Waals surface area contributed by atoms with Gasteiger partial charge in [0.05, 0.1) is 5.56 Å². The smallest absolute Gasteiger partial charge is 0.328 e. The Labute approximate surface area is 220 Å². The molecule has 38 heavy (non-hydrogen) atoms. The van der Waals surface area contributed by atoms with Gasteiger partial charge in [-0.3, -0.25) is 9.59 Å². The van der Waals surface area contributed by atoms with E-state index in [4.69, 9.17) is 15.9 Å². The number of nitrogens with zero attached hydrogens (tertiary/aromatic N) is 2. The van der Waals surface area contributed by atoms with Gasteiger partial charge in [-0.05, 0) is 48.6 Å². The number of carbonyl (C=O) groups is 4. The average Bonchev–Trinajstić information content (AvgIpc) is 3.09. The third-order valence-electron chi connectivity index (χ3n) is 6.25. The van der Waals surface area contributed by atoms with Crippen LogP contribution in [0.5, 0.6) is 0 Å². The zero-order chi connectivity index (χ0) is 28.0. The van der Waals surface area contributed by atoms with E-state index in [1.165, 1.54) is 6.07 Å². The molecule has 0 unspecified atom stereocenters. The number of carbonyl (C=O) groups excluding carboxylic acids is 2. The van der Waals surface area contributed by atoms with Gasteiger partial charge in [0.2, 0.25) is 5.91 Å². The summed E-state index contributed by atoms with van der Waals surface area (Å²) in [7, 11) is -3.80. The van der Waals surface area contributed by atoms with Crippen LogP contribution in [0.25, 0.3) is 11.1 Å². The number of hydrogen-bond acceptors (Lipinski definition) is 7. The van der Waals surface area contributed by atoms with Gasteiger partial charge in [-0.1, -0.05) is 31.2 Å². The maximum absolute atomic E-state index is 13.0. The molecule has 1 saturated heterocycles. The van der Waals surface area contributed by atoms with Crippen LogP contribution < -0.4 is 10.6 Å². The molecule has 0 aliphatic carbocycles. The first-order chi connectivity index (χ1) is 18.0. The van der Waals surface area contributed by atoms with Gasteiger partial charge in [-0.2, -0.15) is 0 Å². The van der Waals surface area contributed by atoms with Crippen molar-refractivity contribution in [2.75, 3.05) is 24.5 Å². The van der Waals surface area contributed by atoms with Crippen molar-refractivity contribution in [3.05, 3.63) is 60.2 Å². The summed E-state index contributed by atoms with van der Waals surface area (Å²) in [4.78, 5) is 45.8. The molecule has 2 heterocycles. The number of aliphatic carboxylic acids is 2. The molecule has 0 bridgehead atoms. The summed E-state index contributed by atoms with van der Waals surface area (Å²) in [6, 6.07) is 12.7. The Morgan fingerprint density at radius 1 is 1.03 bits per heavy atom. The number of sulfonamides is 1. The van der Waals surface area contributed by atoms with Crippen molar-refractivity contribution in [1.82, 2.24) is 4.31 Å². The lowest BCUT2D eigenvalue weighted by Gasteiger charge is -2.32. The van der Waals surface area contributed by atoms with E-state index in [2.05, 4.69) is 4.90 Å². The second-order valence-corrected chi connectivity index (χ2v) is 10.6. The fourth-order valence-corrected chi connectivity index (χ4v) is 6.10. The molecular formula is C26H29N3O8S. The lowest BCUT2D eigenvalue weighted by atomic mass is 9.95. The summed E-state index contributed by atoms with van der Waals surface area (Å²) in [5.41, 5.74) is 8.07. The molecule has 2 aromatic carbocycles. The molecule has 0 aromatic heterocycles. The standard InChI is InChI=1S/C22H25N3O4S.C4H4O4/c1-2-11-25-22(27)20-18(7-4-8-19(20)30(25,28)29)16-5-3-6-17(14-16)24-12-9-15(10-13-24)21(23)26;5-3(6)1-2-4(7)8/h3-8,14-15H,2,9-13H2,1H3,(H2,23,26);1-2H,(H,5,6)(H,7,8)/b;2-1+. The van der Waals surface area contributed by atoms with E-state index < -0.39 is 27.9 Å². The van der Waals surface area contributed by atoms with Crippen molar-refractivity contribution in [1.29, 1.82) is 0 Å². The van der Waals surface area contributed by atoms with Gasteiger partial charge in [0, 0.05) is 43.4 Å². The number of nitrogens with two attached hydrogens (primary N) is 1. The molecule has 2 aliphatic rings. The highest BCUT2D eigenvalue weighted by molar-refractivity contribution is 7.90. The zero-order valence-corrected chi connectivity index (χ0v) is 21.6. The zero-order valence-electron chi connectivity index (χ0n) is 20.7. The van der Waals surface area contributed by atoms with Gasteiger partial charge in [0.15, 0.2) is 0 Å². The predicted molar refractivity (Wildman–Crippen MR) is 139 cm³/mol. The molecule has 4 N–H and O–H groups in total. The highest BCUT2D eigenvalue weighted by Crippen LogP contribution is 2.38. The van der Waals surface area contributed by atoms with E-state index in [1.807, 2.05) is 31.2 Å². The molecule has 202 valence electrons. The minimum atomic E-state index is -3.80. The van der Waals surface area contributed by atoms with E-state index in [0.29, 0.717) is 37.0 Å². The predicted octanol–water partition coefficient (Wildman–Crippen LogP) is 2.32. The number of rotatable bonds is 7. The summed E-state index contributed by atoms with van der Waals surface area (Å²) in [5.74, 6) is -3.32. The Kier molecular flexibility index (Phi) is 8.89. The summed E-state index contributed by atoms with van der Waals surface area (Å²) < 4.78 is 26.6. The third kappa shape index (κ3) is 6.20. The second-order valence-electron chi connectivity index (χ2n) is 8.78. The van der Waals surface area contributed by atoms with E-state index in [9.17, 15) is 27.6 Å². The van der Waals surface area contributed by atoms with Crippen LogP contribution in [0, 0.1) is 5.92 Å². The minimum absolute atomic E-state index is 0.0751. The van der Waals surface area contributed by atoms with Crippen LogP contribution in [-0.4, -0.2) is 66.3 Å². The first-order valence-electron chi connectivity index (χ1n) is 12.0. The first-order valence-corrected chi connectivity index (χ1v) is 13.4. The number of amides is 2. The summed E-state index contributed by atoms with van der Waals surface area (Å²) in [6.45, 7) is 3.46. The number of benzene rings is 2. The molecule has 0 atom stereocenters. The van der Waals surface area contributed by atoms with E-state index in [0.717, 1.165) is 28.6 Å². The van der Waals surface area contributed by atoms with Crippen molar-refractivity contribution in [3.8, 4) is 11.1 Å². The van der Waals surface area contributed by atoms with Gasteiger partial charge in [0.1, 0.15) is 4.90 Å². The molecule has 2 amide bonds.